The SMILES string of the molecule is O=[N+]([O-])c1ccc(Cl)c(S(=O)(=O)Nc2ccc(-c3cn4ccsc4n3)cc2)c1. The Bertz CT molecular complexity index is 1270. The second-order valence-corrected chi connectivity index (χ2v) is 8.70. The van der Waals surface area contributed by atoms with Crippen molar-refractivity contribution in [3.63, 3.8) is 0 Å². The molecule has 0 fully saturated rings. The molecule has 4 aromatic rings. The number of hydrogen-bond donors (Lipinski definition) is 1. The van der Waals surface area contributed by atoms with E-state index < -0.39 is 14.9 Å². The Morgan fingerprint density at radius 3 is 2.61 bits per heavy atom. The number of anilines is 1. The minimum absolute atomic E-state index is 0.104. The molecule has 0 atom stereocenters. The highest BCUT2D eigenvalue weighted by atomic mass is 35.5. The number of fused-ring (bicyclic) bond motifs is 1. The maximum absolute atomic E-state index is 12.6. The van der Waals surface area contributed by atoms with Crippen LogP contribution < -0.4 is 4.72 Å². The number of sulfonamides is 1. The first-order chi connectivity index (χ1) is 13.3. The quantitative estimate of drug-likeness (QED) is 0.369. The molecule has 0 aliphatic carbocycles. The summed E-state index contributed by atoms with van der Waals surface area (Å²) in [5.74, 6) is 0. The zero-order chi connectivity index (χ0) is 19.9. The van der Waals surface area contributed by atoms with Crippen LogP contribution in [0.3, 0.4) is 0 Å². The number of rotatable bonds is 5. The maximum Gasteiger partial charge on any atom is 0.270 e. The highest BCUT2D eigenvalue weighted by Crippen LogP contribution is 2.29. The molecule has 4 rings (SSSR count). The smallest absolute Gasteiger partial charge is 0.270 e. The standard InChI is InChI=1S/C17H11ClN4O4S2/c18-14-6-5-13(22(23)24)9-16(14)28(25,26)20-12-3-1-11(2-4-12)15-10-21-7-8-27-17(21)19-15/h1-10,20H. The van der Waals surface area contributed by atoms with Gasteiger partial charge in [0.15, 0.2) is 4.96 Å². The van der Waals surface area contributed by atoms with Gasteiger partial charge in [0.2, 0.25) is 0 Å². The normalized spacial score (nSPS) is 11.6. The molecule has 1 N–H and O–H groups in total. The number of nitro groups is 1. The molecule has 0 saturated heterocycles. The first kappa shape index (κ1) is 18.4. The summed E-state index contributed by atoms with van der Waals surface area (Å²) in [6, 6.07) is 9.90. The Labute approximate surface area is 168 Å². The molecule has 8 nitrogen and oxygen atoms in total. The Morgan fingerprint density at radius 2 is 1.93 bits per heavy atom. The van der Waals surface area contributed by atoms with Crippen molar-refractivity contribution in [2.75, 3.05) is 4.72 Å². The summed E-state index contributed by atoms with van der Waals surface area (Å²) in [5.41, 5.74) is 1.53. The molecule has 2 heterocycles. The van der Waals surface area contributed by atoms with E-state index in [1.807, 2.05) is 22.2 Å². The molecule has 11 heteroatoms. The van der Waals surface area contributed by atoms with Crippen LogP contribution in [0.25, 0.3) is 16.2 Å². The Morgan fingerprint density at radius 1 is 1.18 bits per heavy atom. The van der Waals surface area contributed by atoms with Gasteiger partial charge >= 0.3 is 0 Å². The summed E-state index contributed by atoms with van der Waals surface area (Å²) in [6.45, 7) is 0. The third-order valence-corrected chi connectivity index (χ3v) is 6.57. The number of hydrogen-bond acceptors (Lipinski definition) is 6. The summed E-state index contributed by atoms with van der Waals surface area (Å²) < 4.78 is 29.5. The molecular weight excluding hydrogens is 424 g/mol. The molecular formula is C17H11ClN4O4S2. The molecule has 2 aromatic carbocycles. The van der Waals surface area contributed by atoms with Crippen molar-refractivity contribution in [3.8, 4) is 11.3 Å². The monoisotopic (exact) mass is 434 g/mol. The van der Waals surface area contributed by atoms with E-state index in [9.17, 15) is 18.5 Å². The van der Waals surface area contributed by atoms with Crippen molar-refractivity contribution in [2.45, 2.75) is 4.90 Å². The molecule has 28 heavy (non-hydrogen) atoms. The van der Waals surface area contributed by atoms with Crippen molar-refractivity contribution >= 4 is 49.3 Å². The highest BCUT2D eigenvalue weighted by molar-refractivity contribution is 7.92. The average Bonchev–Trinajstić information content (AvgIpc) is 3.24. The molecule has 0 radical (unpaired) electrons. The van der Waals surface area contributed by atoms with Crippen molar-refractivity contribution < 1.29 is 13.3 Å². The van der Waals surface area contributed by atoms with E-state index >= 15 is 0 Å². The van der Waals surface area contributed by atoms with Crippen molar-refractivity contribution in [1.29, 1.82) is 0 Å². The lowest BCUT2D eigenvalue weighted by Gasteiger charge is -2.10. The van der Waals surface area contributed by atoms with Gasteiger partial charge in [0.1, 0.15) is 4.90 Å². The van der Waals surface area contributed by atoms with Crippen LogP contribution in [-0.4, -0.2) is 22.7 Å². The van der Waals surface area contributed by atoms with Crippen LogP contribution in [0.4, 0.5) is 11.4 Å². The predicted molar refractivity (Wildman–Crippen MR) is 107 cm³/mol. The maximum atomic E-state index is 12.6. The lowest BCUT2D eigenvalue weighted by atomic mass is 10.1. The molecule has 0 spiro atoms. The number of nitro benzene ring substituents is 1. The van der Waals surface area contributed by atoms with E-state index in [0.29, 0.717) is 5.69 Å². The van der Waals surface area contributed by atoms with Crippen molar-refractivity contribution in [1.82, 2.24) is 9.38 Å². The van der Waals surface area contributed by atoms with Gasteiger partial charge in [0.25, 0.3) is 15.7 Å². The van der Waals surface area contributed by atoms with Gasteiger partial charge in [-0.2, -0.15) is 0 Å². The van der Waals surface area contributed by atoms with Gasteiger partial charge in [-0.05, 0) is 18.2 Å². The summed E-state index contributed by atoms with van der Waals surface area (Å²) in [4.78, 5) is 15.2. The molecule has 0 bridgehead atoms. The van der Waals surface area contributed by atoms with E-state index in [4.69, 9.17) is 11.6 Å². The highest BCUT2D eigenvalue weighted by Gasteiger charge is 2.22. The van der Waals surface area contributed by atoms with Crippen molar-refractivity contribution in [2.24, 2.45) is 0 Å². The van der Waals surface area contributed by atoms with Gasteiger partial charge in [0.05, 0.1) is 15.6 Å². The number of aromatic nitrogens is 2. The molecule has 0 aliphatic heterocycles. The number of non-ortho nitro benzene ring substituents is 1. The number of thiazole rings is 1. The number of benzene rings is 2. The third-order valence-electron chi connectivity index (χ3n) is 3.94. The average molecular weight is 435 g/mol. The predicted octanol–water partition coefficient (Wildman–Crippen LogP) is 4.43. The van der Waals surface area contributed by atoms with Crippen LogP contribution in [0, 0.1) is 10.1 Å². The minimum atomic E-state index is -4.09. The van der Waals surface area contributed by atoms with Crippen LogP contribution in [0.1, 0.15) is 0 Å². The molecule has 0 aliphatic rings. The Hall–Kier alpha value is -2.95. The van der Waals surface area contributed by atoms with E-state index in [0.717, 1.165) is 28.4 Å². The zero-order valence-corrected chi connectivity index (χ0v) is 16.3. The van der Waals surface area contributed by atoms with Gasteiger partial charge in [-0.1, -0.05) is 23.7 Å². The van der Waals surface area contributed by atoms with Gasteiger partial charge in [-0.25, -0.2) is 13.4 Å². The number of nitrogens with zero attached hydrogens (tertiary/aromatic N) is 3. The van der Waals surface area contributed by atoms with E-state index in [1.54, 1.807) is 24.3 Å². The first-order valence-electron chi connectivity index (χ1n) is 7.83. The fraction of sp³-hybridized carbons (Fsp3) is 0. The molecule has 0 unspecified atom stereocenters. The van der Waals surface area contributed by atoms with E-state index in [1.165, 1.54) is 17.4 Å². The van der Waals surface area contributed by atoms with E-state index in [-0.39, 0.29) is 15.6 Å². The number of halogens is 1. The molecule has 0 amide bonds. The molecule has 0 saturated carbocycles. The van der Waals surface area contributed by atoms with Crippen LogP contribution in [-0.2, 0) is 10.0 Å². The van der Waals surface area contributed by atoms with Gasteiger partial charge < -0.3 is 0 Å². The fourth-order valence-electron chi connectivity index (χ4n) is 2.60. The lowest BCUT2D eigenvalue weighted by molar-refractivity contribution is -0.385. The van der Waals surface area contributed by atoms with Crippen LogP contribution in [0.5, 0.6) is 0 Å². The Kier molecular flexibility index (Phi) is 4.53. The van der Waals surface area contributed by atoms with Crippen LogP contribution >= 0.6 is 22.9 Å². The van der Waals surface area contributed by atoms with E-state index in [2.05, 4.69) is 9.71 Å². The summed E-state index contributed by atoms with van der Waals surface area (Å²) in [5, 5.41) is 12.7. The number of nitrogens with one attached hydrogen (secondary N) is 1. The van der Waals surface area contributed by atoms with Crippen LogP contribution in [0.2, 0.25) is 5.02 Å². The topological polar surface area (TPSA) is 107 Å². The minimum Gasteiger partial charge on any atom is -0.297 e. The number of imidazole rings is 1. The van der Waals surface area contributed by atoms with Gasteiger partial charge in [0, 0.05) is 41.2 Å². The summed E-state index contributed by atoms with van der Waals surface area (Å²) >= 11 is 7.45. The third kappa shape index (κ3) is 3.44. The molecule has 142 valence electrons. The summed E-state index contributed by atoms with van der Waals surface area (Å²) in [7, 11) is -4.09. The van der Waals surface area contributed by atoms with Gasteiger partial charge in [-0.15, -0.1) is 11.3 Å². The first-order valence-corrected chi connectivity index (χ1v) is 10.6. The summed E-state index contributed by atoms with van der Waals surface area (Å²) in [6.07, 6.45) is 3.79. The second-order valence-electron chi connectivity index (χ2n) is 5.77. The zero-order valence-electron chi connectivity index (χ0n) is 13.9. The van der Waals surface area contributed by atoms with Crippen LogP contribution in [0.15, 0.2) is 65.1 Å². The fourth-order valence-corrected chi connectivity index (χ4v) is 4.88. The molecule has 2 aromatic heterocycles. The lowest BCUT2D eigenvalue weighted by Crippen LogP contribution is -2.13. The van der Waals surface area contributed by atoms with Crippen molar-refractivity contribution in [3.05, 3.63) is 75.4 Å². The van der Waals surface area contributed by atoms with Gasteiger partial charge in [-0.3, -0.25) is 19.2 Å². The Balaban J connectivity index is 1.61. The second kappa shape index (κ2) is 6.89. The largest absolute Gasteiger partial charge is 0.297 e.